The highest BCUT2D eigenvalue weighted by atomic mass is 32.2. The maximum atomic E-state index is 13.2. The number of nitrogens with zero attached hydrogens (tertiary/aromatic N) is 1. The second-order valence-corrected chi connectivity index (χ2v) is 8.17. The van der Waals surface area contributed by atoms with Gasteiger partial charge in [0.1, 0.15) is 0 Å². The molecule has 1 N–H and O–H groups in total. The second kappa shape index (κ2) is 8.59. The van der Waals surface area contributed by atoms with E-state index in [1.54, 1.807) is 17.0 Å². The van der Waals surface area contributed by atoms with Crippen molar-refractivity contribution in [2.24, 2.45) is 0 Å². The second-order valence-electron chi connectivity index (χ2n) is 7.09. The molecule has 0 aromatic heterocycles. The number of anilines is 1. The molecule has 4 rings (SSSR count). The Bertz CT molecular complexity index is 1110. The summed E-state index contributed by atoms with van der Waals surface area (Å²) in [6, 6.07) is 22.8. The molecule has 3 aromatic rings. The minimum atomic E-state index is -0.174. The van der Waals surface area contributed by atoms with E-state index in [-0.39, 0.29) is 17.9 Å². The van der Waals surface area contributed by atoms with Crippen molar-refractivity contribution in [3.05, 3.63) is 102 Å². The summed E-state index contributed by atoms with van der Waals surface area (Å²) in [7, 11) is 0. The van der Waals surface area contributed by atoms with Gasteiger partial charge in [-0.15, -0.1) is 6.58 Å². The van der Waals surface area contributed by atoms with Crippen LogP contribution in [-0.4, -0.2) is 18.4 Å². The predicted molar refractivity (Wildman–Crippen MR) is 121 cm³/mol. The quantitative estimate of drug-likeness (QED) is 0.563. The highest BCUT2D eigenvalue weighted by molar-refractivity contribution is 7.99. The van der Waals surface area contributed by atoms with Gasteiger partial charge in [0.2, 0.25) is 0 Å². The lowest BCUT2D eigenvalue weighted by atomic mass is 10.1. The van der Waals surface area contributed by atoms with Gasteiger partial charge in [-0.05, 0) is 42.8 Å². The van der Waals surface area contributed by atoms with Crippen molar-refractivity contribution in [2.75, 3.05) is 11.4 Å². The van der Waals surface area contributed by atoms with Crippen molar-refractivity contribution in [3.63, 3.8) is 0 Å². The number of nitrogens with one attached hydrogen (secondary N) is 1. The molecule has 5 heteroatoms. The summed E-state index contributed by atoms with van der Waals surface area (Å²) in [5.74, 6) is -0.265. The molecule has 0 bridgehead atoms. The van der Waals surface area contributed by atoms with Crippen LogP contribution in [0.15, 0.2) is 95.2 Å². The zero-order valence-corrected chi connectivity index (χ0v) is 17.5. The molecule has 1 aliphatic rings. The first kappa shape index (κ1) is 20.0. The number of rotatable bonds is 5. The molecule has 0 aliphatic carbocycles. The van der Waals surface area contributed by atoms with E-state index < -0.39 is 0 Å². The SMILES string of the molecule is C=CCN1C(=O)c2ccccc2Sc2ccc(C(=O)N[C@@H](C)c3ccccc3)cc21. The molecule has 0 saturated heterocycles. The van der Waals surface area contributed by atoms with Gasteiger partial charge in [0.05, 0.1) is 17.3 Å². The van der Waals surface area contributed by atoms with Gasteiger partial charge in [-0.25, -0.2) is 0 Å². The fourth-order valence-electron chi connectivity index (χ4n) is 3.48. The average Bonchev–Trinajstić information content (AvgIpc) is 2.89. The summed E-state index contributed by atoms with van der Waals surface area (Å²) >= 11 is 1.54. The lowest BCUT2D eigenvalue weighted by Gasteiger charge is -2.22. The monoisotopic (exact) mass is 414 g/mol. The van der Waals surface area contributed by atoms with Crippen LogP contribution in [0.4, 0.5) is 5.69 Å². The number of carbonyl (C=O) groups excluding carboxylic acids is 2. The first-order chi connectivity index (χ1) is 14.6. The molecule has 4 nitrogen and oxygen atoms in total. The summed E-state index contributed by atoms with van der Waals surface area (Å²) in [5.41, 5.74) is 2.94. The number of hydrogen-bond acceptors (Lipinski definition) is 3. The topological polar surface area (TPSA) is 49.4 Å². The van der Waals surface area contributed by atoms with Crippen LogP contribution in [0.5, 0.6) is 0 Å². The number of hydrogen-bond donors (Lipinski definition) is 1. The Morgan fingerprint density at radius 2 is 1.80 bits per heavy atom. The van der Waals surface area contributed by atoms with E-state index in [0.29, 0.717) is 17.7 Å². The van der Waals surface area contributed by atoms with Crippen molar-refractivity contribution in [1.82, 2.24) is 5.32 Å². The smallest absolute Gasteiger partial charge is 0.259 e. The lowest BCUT2D eigenvalue weighted by molar-refractivity contribution is 0.0937. The fraction of sp³-hybridized carbons (Fsp3) is 0.120. The number of amides is 2. The van der Waals surface area contributed by atoms with E-state index in [9.17, 15) is 9.59 Å². The van der Waals surface area contributed by atoms with Gasteiger partial charge in [-0.1, -0.05) is 60.3 Å². The van der Waals surface area contributed by atoms with Crippen LogP contribution in [0.1, 0.15) is 39.2 Å². The summed E-state index contributed by atoms with van der Waals surface area (Å²) in [4.78, 5) is 29.6. The summed E-state index contributed by atoms with van der Waals surface area (Å²) in [6.45, 7) is 6.12. The van der Waals surface area contributed by atoms with Crippen LogP contribution < -0.4 is 10.2 Å². The zero-order valence-electron chi connectivity index (χ0n) is 16.7. The van der Waals surface area contributed by atoms with E-state index in [0.717, 1.165) is 21.0 Å². The molecular formula is C25H22N2O2S. The molecule has 1 atom stereocenters. The Kier molecular flexibility index (Phi) is 5.72. The summed E-state index contributed by atoms with van der Waals surface area (Å²) in [5, 5.41) is 3.04. The Morgan fingerprint density at radius 3 is 2.57 bits per heavy atom. The van der Waals surface area contributed by atoms with Crippen LogP contribution >= 0.6 is 11.8 Å². The van der Waals surface area contributed by atoms with Gasteiger partial charge in [0.25, 0.3) is 11.8 Å². The van der Waals surface area contributed by atoms with E-state index in [1.165, 1.54) is 11.8 Å². The molecule has 1 heterocycles. The van der Waals surface area contributed by atoms with Crippen LogP contribution in [0.25, 0.3) is 0 Å². The minimum absolute atomic E-state index is 0.0908. The molecule has 150 valence electrons. The molecule has 0 unspecified atom stereocenters. The molecular weight excluding hydrogens is 392 g/mol. The maximum Gasteiger partial charge on any atom is 0.259 e. The molecule has 30 heavy (non-hydrogen) atoms. The van der Waals surface area contributed by atoms with Gasteiger partial charge < -0.3 is 10.2 Å². The largest absolute Gasteiger partial charge is 0.346 e. The van der Waals surface area contributed by atoms with Gasteiger partial charge in [0, 0.05) is 21.9 Å². The molecule has 0 saturated carbocycles. The third kappa shape index (κ3) is 3.89. The minimum Gasteiger partial charge on any atom is -0.346 e. The van der Waals surface area contributed by atoms with Crippen molar-refractivity contribution in [3.8, 4) is 0 Å². The van der Waals surface area contributed by atoms with Crippen LogP contribution in [0.2, 0.25) is 0 Å². The zero-order chi connectivity index (χ0) is 21.1. The van der Waals surface area contributed by atoms with Crippen molar-refractivity contribution < 1.29 is 9.59 Å². The van der Waals surface area contributed by atoms with E-state index >= 15 is 0 Å². The van der Waals surface area contributed by atoms with Crippen LogP contribution in [0, 0.1) is 0 Å². The molecule has 0 fully saturated rings. The Morgan fingerprint density at radius 1 is 1.07 bits per heavy atom. The van der Waals surface area contributed by atoms with E-state index in [2.05, 4.69) is 11.9 Å². The van der Waals surface area contributed by atoms with E-state index in [4.69, 9.17) is 0 Å². The molecule has 1 aliphatic heterocycles. The molecule has 0 spiro atoms. The molecule has 2 amide bonds. The Labute approximate surface area is 180 Å². The van der Waals surface area contributed by atoms with E-state index in [1.807, 2.05) is 73.7 Å². The van der Waals surface area contributed by atoms with Gasteiger partial charge in [-0.3, -0.25) is 9.59 Å². The van der Waals surface area contributed by atoms with Crippen molar-refractivity contribution in [1.29, 1.82) is 0 Å². The number of benzene rings is 3. The summed E-state index contributed by atoms with van der Waals surface area (Å²) < 4.78 is 0. The lowest BCUT2D eigenvalue weighted by Crippen LogP contribution is -2.31. The van der Waals surface area contributed by atoms with Crippen molar-refractivity contribution >= 4 is 29.3 Å². The Balaban J connectivity index is 1.67. The third-order valence-corrected chi connectivity index (χ3v) is 6.19. The van der Waals surface area contributed by atoms with Gasteiger partial charge >= 0.3 is 0 Å². The highest BCUT2D eigenvalue weighted by Crippen LogP contribution is 2.41. The predicted octanol–water partition coefficient (Wildman–Crippen LogP) is 5.48. The molecule has 3 aromatic carbocycles. The van der Waals surface area contributed by atoms with Gasteiger partial charge in [-0.2, -0.15) is 0 Å². The first-order valence-electron chi connectivity index (χ1n) is 9.78. The Hall–Kier alpha value is -3.31. The fourth-order valence-corrected chi connectivity index (χ4v) is 4.54. The molecule has 0 radical (unpaired) electrons. The highest BCUT2D eigenvalue weighted by Gasteiger charge is 2.27. The summed E-state index contributed by atoms with van der Waals surface area (Å²) in [6.07, 6.45) is 1.70. The first-order valence-corrected chi connectivity index (χ1v) is 10.6. The average molecular weight is 415 g/mol. The number of carbonyl (C=O) groups is 2. The van der Waals surface area contributed by atoms with Gasteiger partial charge in [0.15, 0.2) is 0 Å². The van der Waals surface area contributed by atoms with Crippen molar-refractivity contribution in [2.45, 2.75) is 22.8 Å². The van der Waals surface area contributed by atoms with Crippen LogP contribution in [-0.2, 0) is 0 Å². The third-order valence-electron chi connectivity index (χ3n) is 5.05. The van der Waals surface area contributed by atoms with Crippen LogP contribution in [0.3, 0.4) is 0 Å². The standard InChI is InChI=1S/C25H22N2O2S/c1-3-15-27-21-16-19(24(28)26-17(2)18-9-5-4-6-10-18)13-14-23(21)30-22-12-8-7-11-20(22)25(27)29/h3-14,16-17H,1,15H2,2H3,(H,26,28)/t17-/m0/s1. The normalized spacial score (nSPS) is 13.6. The number of fused-ring (bicyclic) bond motifs is 2. The maximum absolute atomic E-state index is 13.2.